The molecule has 0 spiro atoms. The van der Waals surface area contributed by atoms with Gasteiger partial charge in [-0.3, -0.25) is 14.5 Å². The Balaban J connectivity index is 1.95. The number of anilines is 1. The van der Waals surface area contributed by atoms with Crippen LogP contribution in [0.5, 0.6) is 0 Å². The number of imide groups is 1. The summed E-state index contributed by atoms with van der Waals surface area (Å²) in [6.45, 7) is 4.12. The molecule has 2 unspecified atom stereocenters. The maximum Gasteiger partial charge on any atom is 0.238 e. The summed E-state index contributed by atoms with van der Waals surface area (Å²) in [5.41, 5.74) is 3.18. The zero-order valence-electron chi connectivity index (χ0n) is 11.5. The number of halogens is 1. The molecule has 1 aromatic carbocycles. The number of benzene rings is 1. The molecule has 1 heterocycles. The highest BCUT2D eigenvalue weighted by Gasteiger charge is 2.49. The Bertz CT molecular complexity index is 586. The SMILES string of the molecule is CC1=C(C)CC2C(=O)N(c3ccc(Br)cc3)C(=O)C2C1. The number of nitrogens with zero attached hydrogens (tertiary/aromatic N) is 1. The molecule has 104 valence electrons. The number of rotatable bonds is 1. The van der Waals surface area contributed by atoms with Crippen LogP contribution in [0.15, 0.2) is 39.9 Å². The van der Waals surface area contributed by atoms with Crippen LogP contribution in [0.3, 0.4) is 0 Å². The lowest BCUT2D eigenvalue weighted by atomic mass is 9.78. The lowest BCUT2D eigenvalue weighted by molar-refractivity contribution is -0.122. The van der Waals surface area contributed by atoms with Gasteiger partial charge in [0.05, 0.1) is 17.5 Å². The molecule has 2 atom stereocenters. The minimum absolute atomic E-state index is 0.0471. The predicted octanol–water partition coefficient (Wildman–Crippen LogP) is 3.68. The van der Waals surface area contributed by atoms with E-state index in [2.05, 4.69) is 29.8 Å². The molecule has 20 heavy (non-hydrogen) atoms. The maximum absolute atomic E-state index is 12.6. The minimum Gasteiger partial charge on any atom is -0.274 e. The van der Waals surface area contributed by atoms with Gasteiger partial charge >= 0.3 is 0 Å². The molecule has 0 N–H and O–H groups in total. The third-order valence-corrected chi connectivity index (χ3v) is 4.96. The van der Waals surface area contributed by atoms with E-state index in [0.717, 1.165) is 4.47 Å². The Morgan fingerprint density at radius 2 is 1.40 bits per heavy atom. The number of allylic oxidation sites excluding steroid dienone is 2. The van der Waals surface area contributed by atoms with Gasteiger partial charge in [0.2, 0.25) is 11.8 Å². The van der Waals surface area contributed by atoms with E-state index in [1.54, 1.807) is 0 Å². The van der Waals surface area contributed by atoms with E-state index in [-0.39, 0.29) is 23.7 Å². The van der Waals surface area contributed by atoms with Crippen LogP contribution in [-0.4, -0.2) is 11.8 Å². The fraction of sp³-hybridized carbons (Fsp3) is 0.375. The van der Waals surface area contributed by atoms with Gasteiger partial charge in [0, 0.05) is 4.47 Å². The average Bonchev–Trinajstić information content (AvgIpc) is 2.65. The second kappa shape index (κ2) is 4.85. The Hall–Kier alpha value is -1.42. The van der Waals surface area contributed by atoms with Gasteiger partial charge in [0.15, 0.2) is 0 Å². The van der Waals surface area contributed by atoms with Crippen molar-refractivity contribution in [3.8, 4) is 0 Å². The fourth-order valence-electron chi connectivity index (χ4n) is 3.10. The van der Waals surface area contributed by atoms with E-state index in [4.69, 9.17) is 0 Å². The summed E-state index contributed by atoms with van der Waals surface area (Å²) in [5, 5.41) is 0. The van der Waals surface area contributed by atoms with Crippen molar-refractivity contribution < 1.29 is 9.59 Å². The van der Waals surface area contributed by atoms with E-state index >= 15 is 0 Å². The summed E-state index contributed by atoms with van der Waals surface area (Å²) in [6, 6.07) is 7.33. The second-order valence-electron chi connectivity index (χ2n) is 5.67. The van der Waals surface area contributed by atoms with Crippen molar-refractivity contribution in [3.63, 3.8) is 0 Å². The smallest absolute Gasteiger partial charge is 0.238 e. The molecule has 3 nitrogen and oxygen atoms in total. The molecular formula is C16H16BrNO2. The van der Waals surface area contributed by atoms with Gasteiger partial charge in [-0.15, -0.1) is 0 Å². The number of carbonyl (C=O) groups is 2. The first kappa shape index (κ1) is 13.6. The summed E-state index contributed by atoms with van der Waals surface area (Å²) < 4.78 is 0.936. The molecule has 0 bridgehead atoms. The third-order valence-electron chi connectivity index (χ3n) is 4.43. The van der Waals surface area contributed by atoms with Crippen molar-refractivity contribution in [1.82, 2.24) is 0 Å². The monoisotopic (exact) mass is 333 g/mol. The van der Waals surface area contributed by atoms with Crippen molar-refractivity contribution in [3.05, 3.63) is 39.9 Å². The van der Waals surface area contributed by atoms with Crippen molar-refractivity contribution in [2.75, 3.05) is 4.90 Å². The third kappa shape index (κ3) is 2.03. The summed E-state index contributed by atoms with van der Waals surface area (Å²) in [6.07, 6.45) is 1.43. The first-order chi connectivity index (χ1) is 9.49. The quantitative estimate of drug-likeness (QED) is 0.580. The van der Waals surface area contributed by atoms with Gasteiger partial charge in [-0.1, -0.05) is 27.1 Å². The summed E-state index contributed by atoms with van der Waals surface area (Å²) in [7, 11) is 0. The number of hydrogen-bond donors (Lipinski definition) is 0. The van der Waals surface area contributed by atoms with E-state index in [1.165, 1.54) is 16.0 Å². The van der Waals surface area contributed by atoms with Gasteiger partial charge in [-0.2, -0.15) is 0 Å². The molecule has 1 aromatic rings. The molecule has 1 aliphatic carbocycles. The Kier molecular flexibility index (Phi) is 3.28. The largest absolute Gasteiger partial charge is 0.274 e. The van der Waals surface area contributed by atoms with Crippen molar-refractivity contribution in [2.24, 2.45) is 11.8 Å². The average molecular weight is 334 g/mol. The standard InChI is InChI=1S/C16H16BrNO2/c1-9-7-13-14(8-10(9)2)16(20)18(15(13)19)12-5-3-11(17)4-6-12/h3-6,13-14H,7-8H2,1-2H3. The van der Waals surface area contributed by atoms with Crippen molar-refractivity contribution in [2.45, 2.75) is 26.7 Å². The number of amides is 2. The molecule has 0 radical (unpaired) electrons. The lowest BCUT2D eigenvalue weighted by Crippen LogP contribution is -2.30. The zero-order chi connectivity index (χ0) is 14.4. The zero-order valence-corrected chi connectivity index (χ0v) is 13.1. The normalized spacial score (nSPS) is 26.2. The fourth-order valence-corrected chi connectivity index (χ4v) is 3.36. The van der Waals surface area contributed by atoms with Crippen LogP contribution in [0.2, 0.25) is 0 Å². The van der Waals surface area contributed by atoms with Crippen molar-refractivity contribution in [1.29, 1.82) is 0 Å². The summed E-state index contributed by atoms with van der Waals surface area (Å²) in [5.74, 6) is -0.437. The van der Waals surface area contributed by atoms with Crippen LogP contribution in [0.4, 0.5) is 5.69 Å². The molecule has 3 rings (SSSR count). The maximum atomic E-state index is 12.6. The second-order valence-corrected chi connectivity index (χ2v) is 6.59. The number of fused-ring (bicyclic) bond motifs is 1. The molecular weight excluding hydrogens is 318 g/mol. The molecule has 1 aliphatic heterocycles. The highest BCUT2D eigenvalue weighted by atomic mass is 79.9. The van der Waals surface area contributed by atoms with Crippen LogP contribution in [0.1, 0.15) is 26.7 Å². The molecule has 0 aromatic heterocycles. The Morgan fingerprint density at radius 1 is 0.950 bits per heavy atom. The van der Waals surface area contributed by atoms with Crippen LogP contribution in [-0.2, 0) is 9.59 Å². The molecule has 0 saturated carbocycles. The first-order valence-corrected chi connectivity index (χ1v) is 7.57. The molecule has 2 amide bonds. The summed E-state index contributed by atoms with van der Waals surface area (Å²) >= 11 is 3.37. The predicted molar refractivity (Wildman–Crippen MR) is 81.2 cm³/mol. The van der Waals surface area contributed by atoms with Gasteiger partial charge in [0.1, 0.15) is 0 Å². The molecule has 1 fully saturated rings. The molecule has 2 aliphatic rings. The number of carbonyl (C=O) groups excluding carboxylic acids is 2. The van der Waals surface area contributed by atoms with E-state index in [1.807, 2.05) is 24.3 Å². The lowest BCUT2D eigenvalue weighted by Gasteiger charge is -2.23. The topological polar surface area (TPSA) is 37.4 Å². The molecule has 4 heteroatoms. The minimum atomic E-state index is -0.171. The van der Waals surface area contributed by atoms with Gasteiger partial charge in [-0.05, 0) is 51.0 Å². The van der Waals surface area contributed by atoms with Gasteiger partial charge in [-0.25, -0.2) is 0 Å². The van der Waals surface area contributed by atoms with Crippen LogP contribution in [0, 0.1) is 11.8 Å². The van der Waals surface area contributed by atoms with E-state index in [9.17, 15) is 9.59 Å². The van der Waals surface area contributed by atoms with Gasteiger partial charge in [0.25, 0.3) is 0 Å². The highest BCUT2D eigenvalue weighted by Crippen LogP contribution is 2.42. The number of hydrogen-bond acceptors (Lipinski definition) is 2. The highest BCUT2D eigenvalue weighted by molar-refractivity contribution is 9.10. The van der Waals surface area contributed by atoms with Crippen molar-refractivity contribution >= 4 is 33.4 Å². The van der Waals surface area contributed by atoms with Crippen LogP contribution >= 0.6 is 15.9 Å². The Labute approximate surface area is 126 Å². The van der Waals surface area contributed by atoms with Crippen LogP contribution in [0.25, 0.3) is 0 Å². The van der Waals surface area contributed by atoms with Crippen LogP contribution < -0.4 is 4.90 Å². The summed E-state index contributed by atoms with van der Waals surface area (Å²) in [4.78, 5) is 26.5. The van der Waals surface area contributed by atoms with E-state index < -0.39 is 0 Å². The first-order valence-electron chi connectivity index (χ1n) is 6.77. The Morgan fingerprint density at radius 3 is 1.85 bits per heavy atom. The van der Waals surface area contributed by atoms with E-state index in [0.29, 0.717) is 18.5 Å². The van der Waals surface area contributed by atoms with Gasteiger partial charge < -0.3 is 0 Å². The molecule has 1 saturated heterocycles.